The first-order chi connectivity index (χ1) is 9.19. The van der Waals surface area contributed by atoms with E-state index in [9.17, 15) is 22.0 Å². The average Bonchev–Trinajstić information content (AvgIpc) is 3.08. The molecule has 1 aliphatic rings. The highest BCUT2D eigenvalue weighted by Crippen LogP contribution is 2.37. The third-order valence-corrected chi connectivity index (χ3v) is 3.16. The second-order valence-corrected chi connectivity index (χ2v) is 5.07. The third kappa shape index (κ3) is 3.36. The van der Waals surface area contributed by atoms with Crippen molar-refractivity contribution in [3.63, 3.8) is 0 Å². The largest absolute Gasteiger partial charge is 0.405 e. The van der Waals surface area contributed by atoms with Crippen LogP contribution in [0.3, 0.4) is 0 Å². The summed E-state index contributed by atoms with van der Waals surface area (Å²) in [7, 11) is 0. The molecule has 0 aliphatic heterocycles. The zero-order valence-electron chi connectivity index (χ0n) is 10.2. The first-order valence-corrected chi connectivity index (χ1v) is 6.22. The fourth-order valence-corrected chi connectivity index (χ4v) is 2.07. The lowest BCUT2D eigenvalue weighted by Crippen LogP contribution is -2.37. The maximum absolute atomic E-state index is 13.9. The summed E-state index contributed by atoms with van der Waals surface area (Å²) in [5.74, 6) is -2.19. The Morgan fingerprint density at radius 2 is 1.75 bits per heavy atom. The van der Waals surface area contributed by atoms with Gasteiger partial charge in [0.2, 0.25) is 0 Å². The number of anilines is 1. The van der Waals surface area contributed by atoms with E-state index in [1.54, 1.807) is 0 Å². The number of hydrogen-bond donors (Lipinski definition) is 1. The summed E-state index contributed by atoms with van der Waals surface area (Å²) >= 11 is 4.59. The predicted octanol–water partition coefficient (Wildman–Crippen LogP) is 3.13. The number of halogens is 5. The van der Waals surface area contributed by atoms with E-state index in [-0.39, 0.29) is 10.6 Å². The average molecular weight is 310 g/mol. The normalized spacial score (nSPS) is 15.2. The lowest BCUT2D eigenvalue weighted by atomic mass is 10.1. The first kappa shape index (κ1) is 15.0. The van der Waals surface area contributed by atoms with Crippen LogP contribution in [-0.4, -0.2) is 23.8 Å². The summed E-state index contributed by atoms with van der Waals surface area (Å²) in [6.45, 7) is -1.39. The van der Waals surface area contributed by atoms with Crippen molar-refractivity contribution in [1.29, 1.82) is 0 Å². The Morgan fingerprint density at radius 3 is 2.10 bits per heavy atom. The van der Waals surface area contributed by atoms with E-state index in [0.29, 0.717) is 17.7 Å². The Bertz CT molecular complexity index is 516. The maximum Gasteiger partial charge on any atom is 0.405 e. The summed E-state index contributed by atoms with van der Waals surface area (Å²) in [4.78, 5) is 0.497. The quantitative estimate of drug-likeness (QED) is 0.684. The van der Waals surface area contributed by atoms with Gasteiger partial charge in [-0.3, -0.25) is 0 Å². The molecule has 1 aliphatic carbocycles. The van der Waals surface area contributed by atoms with Crippen molar-refractivity contribution >= 4 is 22.9 Å². The van der Waals surface area contributed by atoms with E-state index < -0.39 is 36.1 Å². The van der Waals surface area contributed by atoms with Gasteiger partial charge in [0, 0.05) is 11.6 Å². The third-order valence-electron chi connectivity index (χ3n) is 2.93. The lowest BCUT2D eigenvalue weighted by Gasteiger charge is -2.26. The molecule has 2 rings (SSSR count). The van der Waals surface area contributed by atoms with E-state index in [0.717, 1.165) is 12.1 Å². The molecule has 2 nitrogen and oxygen atoms in total. The van der Waals surface area contributed by atoms with Crippen LogP contribution >= 0.6 is 12.2 Å². The molecule has 1 aromatic rings. The molecule has 8 heteroatoms. The molecule has 0 atom stereocenters. The monoisotopic (exact) mass is 310 g/mol. The van der Waals surface area contributed by atoms with Crippen LogP contribution in [0.4, 0.5) is 27.6 Å². The van der Waals surface area contributed by atoms with E-state index in [1.807, 2.05) is 0 Å². The van der Waals surface area contributed by atoms with Crippen LogP contribution in [0.25, 0.3) is 0 Å². The Balaban J connectivity index is 2.41. The molecule has 0 saturated heterocycles. The summed E-state index contributed by atoms with van der Waals surface area (Å²) in [6.07, 6.45) is -3.58. The highest BCUT2D eigenvalue weighted by Gasteiger charge is 2.40. The van der Waals surface area contributed by atoms with E-state index >= 15 is 0 Å². The van der Waals surface area contributed by atoms with Crippen molar-refractivity contribution in [3.05, 3.63) is 29.3 Å². The molecule has 0 amide bonds. The van der Waals surface area contributed by atoms with Crippen molar-refractivity contribution in [3.8, 4) is 0 Å². The van der Waals surface area contributed by atoms with Gasteiger partial charge in [-0.1, -0.05) is 12.2 Å². The number of nitrogens with zero attached hydrogens (tertiary/aromatic N) is 1. The number of benzene rings is 1. The Kier molecular flexibility index (Phi) is 3.86. The summed E-state index contributed by atoms with van der Waals surface area (Å²) in [5, 5.41) is 0. The van der Waals surface area contributed by atoms with E-state index in [4.69, 9.17) is 5.73 Å². The maximum atomic E-state index is 13.9. The van der Waals surface area contributed by atoms with Gasteiger partial charge in [0.15, 0.2) is 0 Å². The summed E-state index contributed by atoms with van der Waals surface area (Å²) in [5.41, 5.74) is 4.53. The molecule has 0 bridgehead atoms. The SMILES string of the molecule is NC(=S)c1cc(F)c(N(CC(F)(F)F)C2CC2)c(F)c1. The van der Waals surface area contributed by atoms with Crippen LogP contribution in [0.2, 0.25) is 0 Å². The number of alkyl halides is 3. The fourth-order valence-electron chi connectivity index (χ4n) is 1.95. The van der Waals surface area contributed by atoms with Crippen LogP contribution in [-0.2, 0) is 0 Å². The smallest absolute Gasteiger partial charge is 0.389 e. The minimum absolute atomic E-state index is 0.0542. The highest BCUT2D eigenvalue weighted by molar-refractivity contribution is 7.80. The first-order valence-electron chi connectivity index (χ1n) is 5.81. The molecule has 0 radical (unpaired) electrons. The molecule has 1 fully saturated rings. The second-order valence-electron chi connectivity index (χ2n) is 4.63. The topological polar surface area (TPSA) is 29.3 Å². The molecule has 1 aromatic carbocycles. The molecular weight excluding hydrogens is 299 g/mol. The Labute approximate surface area is 117 Å². The summed E-state index contributed by atoms with van der Waals surface area (Å²) in [6, 6.07) is 1.22. The van der Waals surface area contributed by atoms with Crippen LogP contribution in [0.1, 0.15) is 18.4 Å². The van der Waals surface area contributed by atoms with Gasteiger partial charge in [-0.25, -0.2) is 8.78 Å². The molecule has 0 heterocycles. The fraction of sp³-hybridized carbons (Fsp3) is 0.417. The molecule has 0 spiro atoms. The minimum Gasteiger partial charge on any atom is -0.389 e. The van der Waals surface area contributed by atoms with E-state index in [2.05, 4.69) is 12.2 Å². The Morgan fingerprint density at radius 1 is 1.25 bits per heavy atom. The van der Waals surface area contributed by atoms with Crippen LogP contribution < -0.4 is 10.6 Å². The van der Waals surface area contributed by atoms with Crippen molar-refractivity contribution in [2.45, 2.75) is 25.1 Å². The minimum atomic E-state index is -4.54. The molecular formula is C12H11F5N2S. The van der Waals surface area contributed by atoms with Crippen molar-refractivity contribution in [2.75, 3.05) is 11.4 Å². The van der Waals surface area contributed by atoms with Crippen LogP contribution in [0.15, 0.2) is 12.1 Å². The van der Waals surface area contributed by atoms with Gasteiger partial charge in [-0.05, 0) is 25.0 Å². The van der Waals surface area contributed by atoms with Gasteiger partial charge in [-0.15, -0.1) is 0 Å². The number of hydrogen-bond acceptors (Lipinski definition) is 2. The molecule has 1 saturated carbocycles. The van der Waals surface area contributed by atoms with Gasteiger partial charge in [0.05, 0.1) is 0 Å². The Hall–Kier alpha value is -1.44. The predicted molar refractivity (Wildman–Crippen MR) is 68.7 cm³/mol. The zero-order valence-corrected chi connectivity index (χ0v) is 11.0. The highest BCUT2D eigenvalue weighted by atomic mass is 32.1. The van der Waals surface area contributed by atoms with Crippen molar-refractivity contribution < 1.29 is 22.0 Å². The van der Waals surface area contributed by atoms with Gasteiger partial charge >= 0.3 is 6.18 Å². The molecule has 0 unspecified atom stereocenters. The standard InChI is InChI=1S/C12H11F5N2S/c13-8-3-6(11(18)20)4-9(14)10(8)19(7-1-2-7)5-12(15,16)17/h3-4,7H,1-2,5H2,(H2,18,20). The number of thiocarbonyl (C=S) groups is 1. The van der Waals surface area contributed by atoms with Gasteiger partial charge in [0.1, 0.15) is 28.9 Å². The number of nitrogens with two attached hydrogens (primary N) is 1. The van der Waals surface area contributed by atoms with Crippen molar-refractivity contribution in [2.24, 2.45) is 5.73 Å². The molecule has 2 N–H and O–H groups in total. The van der Waals surface area contributed by atoms with Crippen LogP contribution in [0, 0.1) is 11.6 Å². The number of rotatable bonds is 4. The van der Waals surface area contributed by atoms with Crippen molar-refractivity contribution in [1.82, 2.24) is 0 Å². The van der Waals surface area contributed by atoms with Gasteiger partial charge in [0.25, 0.3) is 0 Å². The van der Waals surface area contributed by atoms with Gasteiger partial charge in [-0.2, -0.15) is 13.2 Å². The zero-order chi connectivity index (χ0) is 15.1. The molecule has 20 heavy (non-hydrogen) atoms. The lowest BCUT2D eigenvalue weighted by molar-refractivity contribution is -0.120. The molecule has 0 aromatic heterocycles. The van der Waals surface area contributed by atoms with Gasteiger partial charge < -0.3 is 10.6 Å². The van der Waals surface area contributed by atoms with E-state index in [1.165, 1.54) is 0 Å². The summed E-state index contributed by atoms with van der Waals surface area (Å²) < 4.78 is 65.4. The van der Waals surface area contributed by atoms with Crippen LogP contribution in [0.5, 0.6) is 0 Å². The second kappa shape index (κ2) is 5.16. The molecule has 110 valence electrons.